The maximum atomic E-state index is 12.5. The van der Waals surface area contributed by atoms with Gasteiger partial charge in [0.2, 0.25) is 0 Å². The minimum Gasteiger partial charge on any atom is -0.494 e. The van der Waals surface area contributed by atoms with Gasteiger partial charge in [0.15, 0.2) is 6.61 Å². The molecule has 0 fully saturated rings. The number of rotatable bonds is 9. The van der Waals surface area contributed by atoms with Crippen molar-refractivity contribution in [1.82, 2.24) is 0 Å². The van der Waals surface area contributed by atoms with E-state index in [1.165, 1.54) is 12.1 Å². The number of hydrogen-bond acceptors (Lipinski definition) is 5. The normalized spacial score (nSPS) is 10.8. The van der Waals surface area contributed by atoms with E-state index >= 15 is 0 Å². The quantitative estimate of drug-likeness (QED) is 0.254. The SMILES string of the molecule is CCOc1ccc(NC(=O)/C(C#N)=C/c2ccc(OCC(=O)Nc3ccc(C)c(Cl)c3)c(Cl)c2)cc1. The molecule has 3 aromatic rings. The van der Waals surface area contributed by atoms with Crippen LogP contribution in [0.2, 0.25) is 10.0 Å². The van der Waals surface area contributed by atoms with E-state index in [0.717, 1.165) is 5.56 Å². The van der Waals surface area contributed by atoms with Crippen LogP contribution in [0.1, 0.15) is 18.1 Å². The molecule has 0 radical (unpaired) electrons. The largest absolute Gasteiger partial charge is 0.494 e. The topological polar surface area (TPSA) is 100 Å². The number of benzene rings is 3. The molecule has 0 heterocycles. The first kappa shape index (κ1) is 26.6. The fourth-order valence-corrected chi connectivity index (χ4v) is 3.47. The number of aryl methyl sites for hydroxylation is 1. The molecule has 0 aliphatic rings. The van der Waals surface area contributed by atoms with Crippen LogP contribution in [-0.4, -0.2) is 25.0 Å². The Balaban J connectivity index is 1.61. The van der Waals surface area contributed by atoms with Crippen LogP contribution < -0.4 is 20.1 Å². The van der Waals surface area contributed by atoms with Crippen LogP contribution in [0.5, 0.6) is 11.5 Å². The summed E-state index contributed by atoms with van der Waals surface area (Å²) in [6, 6.07) is 18.6. The first-order valence-electron chi connectivity index (χ1n) is 10.9. The Bertz CT molecular complexity index is 1330. The van der Waals surface area contributed by atoms with Crippen LogP contribution >= 0.6 is 23.2 Å². The predicted molar refractivity (Wildman–Crippen MR) is 142 cm³/mol. The van der Waals surface area contributed by atoms with Gasteiger partial charge >= 0.3 is 0 Å². The second-order valence-electron chi connectivity index (χ2n) is 7.57. The maximum absolute atomic E-state index is 12.5. The van der Waals surface area contributed by atoms with E-state index < -0.39 is 5.91 Å². The average molecular weight is 524 g/mol. The lowest BCUT2D eigenvalue weighted by atomic mass is 10.1. The van der Waals surface area contributed by atoms with E-state index in [1.54, 1.807) is 54.6 Å². The van der Waals surface area contributed by atoms with Crippen LogP contribution in [0.15, 0.2) is 66.2 Å². The number of nitrogens with one attached hydrogen (secondary N) is 2. The first-order chi connectivity index (χ1) is 17.3. The zero-order valence-electron chi connectivity index (χ0n) is 19.6. The van der Waals surface area contributed by atoms with Gasteiger partial charge in [0.1, 0.15) is 23.1 Å². The molecule has 0 bridgehead atoms. The van der Waals surface area contributed by atoms with Gasteiger partial charge in [-0.3, -0.25) is 9.59 Å². The van der Waals surface area contributed by atoms with Gasteiger partial charge in [-0.15, -0.1) is 0 Å². The third-order valence-electron chi connectivity index (χ3n) is 4.87. The highest BCUT2D eigenvalue weighted by molar-refractivity contribution is 6.32. The highest BCUT2D eigenvalue weighted by Crippen LogP contribution is 2.27. The maximum Gasteiger partial charge on any atom is 0.266 e. The number of amides is 2. The number of hydrogen-bond donors (Lipinski definition) is 2. The van der Waals surface area contributed by atoms with Crippen molar-refractivity contribution < 1.29 is 19.1 Å². The molecular formula is C27H23Cl2N3O4. The molecule has 0 aliphatic carbocycles. The number of carbonyl (C=O) groups is 2. The van der Waals surface area contributed by atoms with Crippen molar-refractivity contribution in [3.63, 3.8) is 0 Å². The number of nitrogens with zero attached hydrogens (tertiary/aromatic N) is 1. The van der Waals surface area contributed by atoms with Gasteiger partial charge in [0, 0.05) is 16.4 Å². The smallest absolute Gasteiger partial charge is 0.266 e. The summed E-state index contributed by atoms with van der Waals surface area (Å²) in [7, 11) is 0. The molecule has 9 heteroatoms. The molecule has 0 unspecified atom stereocenters. The van der Waals surface area contributed by atoms with Crippen LogP contribution in [-0.2, 0) is 9.59 Å². The molecule has 0 atom stereocenters. The molecule has 3 aromatic carbocycles. The molecule has 0 aliphatic heterocycles. The molecule has 2 amide bonds. The fraction of sp³-hybridized carbons (Fsp3) is 0.148. The van der Waals surface area contributed by atoms with Crippen LogP contribution in [0, 0.1) is 18.3 Å². The van der Waals surface area contributed by atoms with Crippen molar-refractivity contribution in [2.75, 3.05) is 23.8 Å². The molecular weight excluding hydrogens is 501 g/mol. The first-order valence-corrected chi connectivity index (χ1v) is 11.7. The van der Waals surface area contributed by atoms with Crippen molar-refractivity contribution in [1.29, 1.82) is 5.26 Å². The van der Waals surface area contributed by atoms with Gasteiger partial charge in [-0.1, -0.05) is 35.3 Å². The summed E-state index contributed by atoms with van der Waals surface area (Å²) in [6.45, 7) is 4.01. The summed E-state index contributed by atoms with van der Waals surface area (Å²) in [6.07, 6.45) is 1.41. The second kappa shape index (κ2) is 12.6. The van der Waals surface area contributed by atoms with Gasteiger partial charge in [0.05, 0.1) is 11.6 Å². The van der Waals surface area contributed by atoms with Crippen LogP contribution in [0.25, 0.3) is 6.08 Å². The standard InChI is InChI=1S/C27H23Cl2N3O4/c1-3-35-22-9-7-20(8-10-22)32-27(34)19(15-30)12-18-5-11-25(24(29)13-18)36-16-26(33)31-21-6-4-17(2)23(28)14-21/h4-14H,3,16H2,1-2H3,(H,31,33)(H,32,34)/b19-12+. The molecule has 0 saturated heterocycles. The van der Waals surface area contributed by atoms with Gasteiger partial charge in [0.25, 0.3) is 11.8 Å². The summed E-state index contributed by atoms with van der Waals surface area (Å²) in [4.78, 5) is 24.7. The molecule has 2 N–H and O–H groups in total. The zero-order chi connectivity index (χ0) is 26.1. The van der Waals surface area contributed by atoms with Gasteiger partial charge in [-0.25, -0.2) is 0 Å². The summed E-state index contributed by atoms with van der Waals surface area (Å²) < 4.78 is 10.9. The Kier molecular flexibility index (Phi) is 9.34. The minimum atomic E-state index is -0.564. The number of carbonyl (C=O) groups excluding carboxylic acids is 2. The number of halogens is 2. The molecule has 0 saturated carbocycles. The number of ether oxygens (including phenoxy) is 2. The summed E-state index contributed by atoms with van der Waals surface area (Å²) >= 11 is 12.4. The Morgan fingerprint density at radius 2 is 1.67 bits per heavy atom. The second-order valence-corrected chi connectivity index (χ2v) is 8.39. The molecule has 0 aromatic heterocycles. The number of nitriles is 1. The lowest BCUT2D eigenvalue weighted by Gasteiger charge is -2.10. The Morgan fingerprint density at radius 1 is 0.944 bits per heavy atom. The third kappa shape index (κ3) is 7.51. The molecule has 7 nitrogen and oxygen atoms in total. The average Bonchev–Trinajstić information content (AvgIpc) is 2.85. The van der Waals surface area contributed by atoms with Gasteiger partial charge in [-0.05, 0) is 79.6 Å². The van der Waals surface area contributed by atoms with Crippen LogP contribution in [0.4, 0.5) is 11.4 Å². The van der Waals surface area contributed by atoms with E-state index in [-0.39, 0.29) is 28.9 Å². The van der Waals surface area contributed by atoms with Crippen molar-refractivity contribution >= 4 is 52.5 Å². The summed E-state index contributed by atoms with van der Waals surface area (Å²) in [5.41, 5.74) is 2.39. The monoisotopic (exact) mass is 523 g/mol. The fourth-order valence-electron chi connectivity index (χ4n) is 3.05. The van der Waals surface area contributed by atoms with Crippen molar-refractivity contribution in [2.24, 2.45) is 0 Å². The summed E-state index contributed by atoms with van der Waals surface area (Å²) in [5, 5.41) is 15.6. The lowest BCUT2D eigenvalue weighted by Crippen LogP contribution is -2.20. The zero-order valence-corrected chi connectivity index (χ0v) is 21.1. The van der Waals surface area contributed by atoms with Crippen molar-refractivity contribution in [3.8, 4) is 17.6 Å². The van der Waals surface area contributed by atoms with E-state index in [0.29, 0.717) is 34.3 Å². The molecule has 36 heavy (non-hydrogen) atoms. The van der Waals surface area contributed by atoms with E-state index in [4.69, 9.17) is 32.7 Å². The number of anilines is 2. The Labute approximate surface area is 219 Å². The predicted octanol–water partition coefficient (Wildman–Crippen LogP) is 6.26. The van der Waals surface area contributed by atoms with Crippen molar-refractivity contribution in [3.05, 3.63) is 87.4 Å². The third-order valence-corrected chi connectivity index (χ3v) is 5.57. The highest BCUT2D eigenvalue weighted by Gasteiger charge is 2.12. The van der Waals surface area contributed by atoms with Crippen LogP contribution in [0.3, 0.4) is 0 Å². The van der Waals surface area contributed by atoms with Crippen molar-refractivity contribution in [2.45, 2.75) is 13.8 Å². The highest BCUT2D eigenvalue weighted by atomic mass is 35.5. The molecule has 0 spiro atoms. The summed E-state index contributed by atoms with van der Waals surface area (Å²) in [5.74, 6) is 0.0162. The van der Waals surface area contributed by atoms with E-state index in [9.17, 15) is 14.9 Å². The minimum absolute atomic E-state index is 0.107. The Hall–Kier alpha value is -3.99. The Morgan fingerprint density at radius 3 is 2.31 bits per heavy atom. The lowest BCUT2D eigenvalue weighted by molar-refractivity contribution is -0.118. The molecule has 184 valence electrons. The molecule has 3 rings (SSSR count). The van der Waals surface area contributed by atoms with Gasteiger partial charge in [-0.2, -0.15) is 5.26 Å². The van der Waals surface area contributed by atoms with E-state index in [2.05, 4.69) is 10.6 Å². The van der Waals surface area contributed by atoms with E-state index in [1.807, 2.05) is 19.9 Å². The van der Waals surface area contributed by atoms with Gasteiger partial charge < -0.3 is 20.1 Å².